The molecule has 0 spiro atoms. The van der Waals surface area contributed by atoms with E-state index in [4.69, 9.17) is 0 Å². The molecule has 0 radical (unpaired) electrons. The second-order valence-corrected chi connectivity index (χ2v) is 2.56. The number of likely N-dealkylation sites (N-methyl/N-ethyl adjacent to an activating group) is 1. The topological polar surface area (TPSA) is 48.8 Å². The molecule has 2 N–H and O–H groups in total. The largest absolute Gasteiger partial charge is 0.318 e. The van der Waals surface area contributed by atoms with Crippen molar-refractivity contribution in [3.05, 3.63) is 0 Å². The molecule has 0 amide bonds. The van der Waals surface area contributed by atoms with E-state index < -0.39 is 0 Å². The molecule has 0 aromatic heterocycles. The van der Waals surface area contributed by atoms with E-state index >= 15 is 0 Å². The molecular formula is C8H18N4. The van der Waals surface area contributed by atoms with Crippen LogP contribution in [0.1, 0.15) is 0 Å². The summed E-state index contributed by atoms with van der Waals surface area (Å²) in [5, 5.41) is 6.38. The van der Waals surface area contributed by atoms with Crippen molar-refractivity contribution in [3.8, 4) is 0 Å². The summed E-state index contributed by atoms with van der Waals surface area (Å²) in [6.45, 7) is 10.1. The predicted molar refractivity (Wildman–Crippen MR) is 54.5 cm³/mol. The minimum absolute atomic E-state index is 0.356. The summed E-state index contributed by atoms with van der Waals surface area (Å²) in [4.78, 5) is 7.58. The molecular weight excluding hydrogens is 152 g/mol. The summed E-state index contributed by atoms with van der Waals surface area (Å²) in [5.74, 6) is 0. The van der Waals surface area contributed by atoms with Gasteiger partial charge in [-0.3, -0.25) is 9.98 Å². The van der Waals surface area contributed by atoms with Crippen LogP contribution in [0.4, 0.5) is 0 Å². The summed E-state index contributed by atoms with van der Waals surface area (Å²) in [6, 6.07) is 0.356. The van der Waals surface area contributed by atoms with Crippen LogP contribution in [-0.2, 0) is 0 Å². The van der Waals surface area contributed by atoms with Gasteiger partial charge in [0.1, 0.15) is 0 Å². The number of nitrogens with one attached hydrogen (secondary N) is 2. The van der Waals surface area contributed by atoms with Crippen molar-refractivity contribution in [1.82, 2.24) is 10.6 Å². The molecule has 0 saturated carbocycles. The van der Waals surface area contributed by atoms with Gasteiger partial charge in [-0.25, -0.2) is 0 Å². The Balaban J connectivity index is 3.46. The average Bonchev–Trinajstić information content (AvgIpc) is 2.06. The molecule has 1 unspecified atom stereocenters. The molecule has 0 fully saturated rings. The zero-order valence-corrected chi connectivity index (χ0v) is 7.71. The van der Waals surface area contributed by atoms with E-state index in [2.05, 4.69) is 34.1 Å². The molecule has 0 heterocycles. The van der Waals surface area contributed by atoms with Crippen LogP contribution in [0.3, 0.4) is 0 Å². The fourth-order valence-corrected chi connectivity index (χ4v) is 0.951. The van der Waals surface area contributed by atoms with Crippen molar-refractivity contribution in [2.45, 2.75) is 6.04 Å². The van der Waals surface area contributed by atoms with Gasteiger partial charge < -0.3 is 10.6 Å². The third-order valence-corrected chi connectivity index (χ3v) is 1.50. The highest BCUT2D eigenvalue weighted by atomic mass is 15.0. The second kappa shape index (κ2) is 8.36. The first kappa shape index (κ1) is 11.3. The summed E-state index contributed by atoms with van der Waals surface area (Å²) in [7, 11) is 1.92. The van der Waals surface area contributed by atoms with Gasteiger partial charge in [0.15, 0.2) is 0 Å². The van der Waals surface area contributed by atoms with Crippen LogP contribution in [0.25, 0.3) is 0 Å². The first-order valence-corrected chi connectivity index (χ1v) is 4.08. The number of hydrogen-bond donors (Lipinski definition) is 2. The Kier molecular flexibility index (Phi) is 7.84. The van der Waals surface area contributed by atoms with Gasteiger partial charge in [-0.15, -0.1) is 0 Å². The molecule has 0 saturated heterocycles. The van der Waals surface area contributed by atoms with Gasteiger partial charge in [0.25, 0.3) is 0 Å². The lowest BCUT2D eigenvalue weighted by atomic mass is 10.3. The van der Waals surface area contributed by atoms with Crippen molar-refractivity contribution in [1.29, 1.82) is 0 Å². The maximum atomic E-state index is 3.83. The molecule has 0 aliphatic carbocycles. The average molecular weight is 170 g/mol. The van der Waals surface area contributed by atoms with E-state index in [1.165, 1.54) is 0 Å². The third-order valence-electron chi connectivity index (χ3n) is 1.50. The van der Waals surface area contributed by atoms with Crippen molar-refractivity contribution in [3.63, 3.8) is 0 Å². The summed E-state index contributed by atoms with van der Waals surface area (Å²) >= 11 is 0. The minimum Gasteiger partial charge on any atom is -0.318 e. The van der Waals surface area contributed by atoms with E-state index in [1.54, 1.807) is 0 Å². The van der Waals surface area contributed by atoms with Gasteiger partial charge >= 0.3 is 0 Å². The van der Waals surface area contributed by atoms with Gasteiger partial charge in [-0.05, 0) is 20.5 Å². The highest BCUT2D eigenvalue weighted by molar-refractivity contribution is 5.23. The number of rotatable bonds is 8. The Hall–Kier alpha value is -0.740. The standard InChI is InChI=1S/C8H18N4/c1-9-4-5-12-8(6-10-2)7-11-3/h8,11-12H,1-2,4-7H2,3H3. The lowest BCUT2D eigenvalue weighted by molar-refractivity contribution is 0.506. The molecule has 0 aliphatic heterocycles. The molecule has 0 rings (SSSR count). The van der Waals surface area contributed by atoms with Gasteiger partial charge in [0.05, 0.1) is 13.1 Å². The number of nitrogens with zero attached hydrogens (tertiary/aromatic N) is 2. The molecule has 4 nitrogen and oxygen atoms in total. The first-order chi connectivity index (χ1) is 5.85. The van der Waals surface area contributed by atoms with Crippen LogP contribution in [0.15, 0.2) is 9.98 Å². The van der Waals surface area contributed by atoms with E-state index in [-0.39, 0.29) is 0 Å². The lowest BCUT2D eigenvalue weighted by Crippen LogP contribution is -2.40. The van der Waals surface area contributed by atoms with Gasteiger partial charge in [-0.1, -0.05) is 0 Å². The van der Waals surface area contributed by atoms with E-state index in [9.17, 15) is 0 Å². The van der Waals surface area contributed by atoms with Crippen molar-refractivity contribution >= 4 is 13.4 Å². The van der Waals surface area contributed by atoms with Gasteiger partial charge in [0.2, 0.25) is 0 Å². The predicted octanol–water partition coefficient (Wildman–Crippen LogP) is -0.435. The van der Waals surface area contributed by atoms with E-state index in [1.807, 2.05) is 7.05 Å². The van der Waals surface area contributed by atoms with Crippen LogP contribution in [0.5, 0.6) is 0 Å². The zero-order chi connectivity index (χ0) is 9.23. The highest BCUT2D eigenvalue weighted by Gasteiger charge is 2.03. The summed E-state index contributed by atoms with van der Waals surface area (Å²) in [6.07, 6.45) is 0. The Morgan fingerprint density at radius 3 is 2.58 bits per heavy atom. The Morgan fingerprint density at radius 1 is 1.33 bits per heavy atom. The Labute approximate surface area is 74.2 Å². The fraction of sp³-hybridized carbons (Fsp3) is 0.750. The van der Waals surface area contributed by atoms with Gasteiger partial charge in [-0.2, -0.15) is 0 Å². The van der Waals surface area contributed by atoms with E-state index in [0.29, 0.717) is 6.04 Å². The van der Waals surface area contributed by atoms with E-state index in [0.717, 1.165) is 26.2 Å². The lowest BCUT2D eigenvalue weighted by Gasteiger charge is -2.14. The Bertz CT molecular complexity index is 124. The fourth-order valence-electron chi connectivity index (χ4n) is 0.951. The molecule has 0 aliphatic rings. The van der Waals surface area contributed by atoms with Crippen molar-refractivity contribution in [2.75, 3.05) is 33.2 Å². The highest BCUT2D eigenvalue weighted by Crippen LogP contribution is 1.82. The molecule has 1 atom stereocenters. The smallest absolute Gasteiger partial charge is 0.0548 e. The molecule has 4 heteroatoms. The summed E-state index contributed by atoms with van der Waals surface area (Å²) in [5.41, 5.74) is 0. The molecule has 70 valence electrons. The molecule has 0 bridgehead atoms. The molecule has 12 heavy (non-hydrogen) atoms. The van der Waals surface area contributed by atoms with Crippen molar-refractivity contribution < 1.29 is 0 Å². The zero-order valence-electron chi connectivity index (χ0n) is 7.71. The maximum Gasteiger partial charge on any atom is 0.0548 e. The van der Waals surface area contributed by atoms with Crippen LogP contribution in [-0.4, -0.2) is 52.7 Å². The Morgan fingerprint density at radius 2 is 2.08 bits per heavy atom. The van der Waals surface area contributed by atoms with Crippen LogP contribution in [0.2, 0.25) is 0 Å². The second-order valence-electron chi connectivity index (χ2n) is 2.56. The monoisotopic (exact) mass is 170 g/mol. The number of hydrogen-bond acceptors (Lipinski definition) is 4. The normalized spacial score (nSPS) is 12.4. The van der Waals surface area contributed by atoms with Crippen LogP contribution >= 0.6 is 0 Å². The van der Waals surface area contributed by atoms with Crippen molar-refractivity contribution in [2.24, 2.45) is 9.98 Å². The molecule has 0 aromatic carbocycles. The number of aliphatic imine (C=N–C) groups is 2. The quantitative estimate of drug-likeness (QED) is 0.383. The minimum atomic E-state index is 0.356. The van der Waals surface area contributed by atoms with Crippen LogP contribution < -0.4 is 10.6 Å². The molecule has 0 aromatic rings. The first-order valence-electron chi connectivity index (χ1n) is 4.08. The SMILES string of the molecule is C=NCCNC(CN=C)CNC. The maximum absolute atomic E-state index is 3.83. The van der Waals surface area contributed by atoms with Gasteiger partial charge in [0, 0.05) is 19.1 Å². The summed E-state index contributed by atoms with van der Waals surface area (Å²) < 4.78 is 0. The third kappa shape index (κ3) is 6.00. The van der Waals surface area contributed by atoms with Crippen LogP contribution in [0, 0.1) is 0 Å².